The average Bonchev–Trinajstić information content (AvgIpc) is 3.01. The van der Waals surface area contributed by atoms with E-state index in [0.29, 0.717) is 18.2 Å². The van der Waals surface area contributed by atoms with Crippen LogP contribution >= 0.6 is 11.3 Å². The van der Waals surface area contributed by atoms with E-state index in [0.717, 1.165) is 16.3 Å². The van der Waals surface area contributed by atoms with E-state index in [1.165, 1.54) is 11.3 Å². The van der Waals surface area contributed by atoms with E-state index >= 15 is 0 Å². The van der Waals surface area contributed by atoms with Gasteiger partial charge in [0.25, 0.3) is 0 Å². The monoisotopic (exact) mass is 335 g/mol. The van der Waals surface area contributed by atoms with Crippen LogP contribution in [0.3, 0.4) is 0 Å². The number of carbonyl (C=O) groups excluding carboxylic acids is 2. The summed E-state index contributed by atoms with van der Waals surface area (Å²) in [5.74, 6) is -1.19. The average molecular weight is 335 g/mol. The Morgan fingerprint density at radius 1 is 1.30 bits per heavy atom. The zero-order chi connectivity index (χ0) is 17.0. The zero-order valence-electron chi connectivity index (χ0n) is 13.7. The number of nitrogens with zero attached hydrogens (tertiary/aromatic N) is 3. The molecular formula is C15H21N5O2S. The fraction of sp³-hybridized carbons (Fsp3) is 0.467. The Bertz CT molecular complexity index is 707. The van der Waals surface area contributed by atoms with Gasteiger partial charge in [-0.3, -0.25) is 19.6 Å². The molecule has 0 fully saturated rings. The summed E-state index contributed by atoms with van der Waals surface area (Å²) in [6.07, 6.45) is 1.65. The lowest BCUT2D eigenvalue weighted by Crippen LogP contribution is -2.38. The molecule has 2 N–H and O–H groups in total. The van der Waals surface area contributed by atoms with Gasteiger partial charge in [-0.25, -0.2) is 4.98 Å². The fourth-order valence-corrected chi connectivity index (χ4v) is 2.79. The van der Waals surface area contributed by atoms with Crippen molar-refractivity contribution in [2.45, 2.75) is 34.2 Å². The number of rotatable bonds is 5. The second-order valence-electron chi connectivity index (χ2n) is 5.65. The molecule has 2 amide bonds. The minimum Gasteiger partial charge on any atom is -0.347 e. The molecule has 0 saturated carbocycles. The van der Waals surface area contributed by atoms with Crippen LogP contribution in [0.15, 0.2) is 12.3 Å². The summed E-state index contributed by atoms with van der Waals surface area (Å²) in [4.78, 5) is 28.6. The van der Waals surface area contributed by atoms with Gasteiger partial charge in [-0.2, -0.15) is 5.10 Å². The highest BCUT2D eigenvalue weighted by Gasteiger charge is 2.16. The molecule has 7 nitrogen and oxygen atoms in total. The molecule has 0 aliphatic heterocycles. The molecule has 0 bridgehead atoms. The highest BCUT2D eigenvalue weighted by Crippen LogP contribution is 2.16. The molecule has 23 heavy (non-hydrogen) atoms. The van der Waals surface area contributed by atoms with Gasteiger partial charge < -0.3 is 5.32 Å². The maximum Gasteiger partial charge on any atom is 0.315 e. The molecule has 0 aliphatic rings. The maximum absolute atomic E-state index is 11.8. The van der Waals surface area contributed by atoms with Crippen LogP contribution in [-0.4, -0.2) is 33.1 Å². The molecule has 2 heterocycles. The van der Waals surface area contributed by atoms with Crippen LogP contribution in [0.4, 0.5) is 5.13 Å². The number of amides is 2. The predicted octanol–water partition coefficient (Wildman–Crippen LogP) is 1.66. The predicted molar refractivity (Wildman–Crippen MR) is 89.4 cm³/mol. The Labute approximate surface area is 139 Å². The Hall–Kier alpha value is -2.22. The van der Waals surface area contributed by atoms with Crippen molar-refractivity contribution < 1.29 is 9.59 Å². The van der Waals surface area contributed by atoms with E-state index in [2.05, 4.69) is 20.7 Å². The first-order chi connectivity index (χ1) is 10.8. The van der Waals surface area contributed by atoms with Crippen molar-refractivity contribution in [3.8, 4) is 0 Å². The van der Waals surface area contributed by atoms with Crippen molar-refractivity contribution >= 4 is 28.3 Å². The Kier molecular flexibility index (Phi) is 5.49. The van der Waals surface area contributed by atoms with Crippen LogP contribution in [0, 0.1) is 26.7 Å². The fourth-order valence-electron chi connectivity index (χ4n) is 2.13. The van der Waals surface area contributed by atoms with E-state index in [-0.39, 0.29) is 5.92 Å². The second kappa shape index (κ2) is 7.36. The van der Waals surface area contributed by atoms with Gasteiger partial charge in [-0.15, -0.1) is 11.3 Å². The van der Waals surface area contributed by atoms with Crippen LogP contribution in [0.5, 0.6) is 0 Å². The second-order valence-corrected chi connectivity index (χ2v) is 6.89. The zero-order valence-corrected chi connectivity index (χ0v) is 14.5. The number of aryl methyl sites for hydroxylation is 3. The third-order valence-corrected chi connectivity index (χ3v) is 4.08. The normalized spacial score (nSPS) is 12.0. The van der Waals surface area contributed by atoms with Crippen LogP contribution in [0.25, 0.3) is 0 Å². The Morgan fingerprint density at radius 3 is 2.61 bits per heavy atom. The first kappa shape index (κ1) is 17.1. The molecule has 0 aromatic carbocycles. The summed E-state index contributed by atoms with van der Waals surface area (Å²) in [6, 6.07) is 2.01. The van der Waals surface area contributed by atoms with Crippen molar-refractivity contribution in [1.82, 2.24) is 20.1 Å². The van der Waals surface area contributed by atoms with Crippen molar-refractivity contribution in [2.75, 3.05) is 11.9 Å². The highest BCUT2D eigenvalue weighted by molar-refractivity contribution is 7.15. The van der Waals surface area contributed by atoms with Crippen LogP contribution < -0.4 is 10.6 Å². The van der Waals surface area contributed by atoms with Crippen LogP contribution in [0.2, 0.25) is 0 Å². The van der Waals surface area contributed by atoms with Gasteiger partial charge >= 0.3 is 11.8 Å². The van der Waals surface area contributed by atoms with Crippen molar-refractivity contribution in [2.24, 2.45) is 5.92 Å². The van der Waals surface area contributed by atoms with Crippen molar-refractivity contribution in [3.63, 3.8) is 0 Å². The topological polar surface area (TPSA) is 88.9 Å². The van der Waals surface area contributed by atoms with E-state index in [4.69, 9.17) is 0 Å². The molecule has 0 aliphatic carbocycles. The van der Waals surface area contributed by atoms with E-state index in [1.807, 2.05) is 38.4 Å². The van der Waals surface area contributed by atoms with Gasteiger partial charge in [0.15, 0.2) is 5.13 Å². The number of anilines is 1. The molecule has 124 valence electrons. The Balaban J connectivity index is 1.79. The summed E-state index contributed by atoms with van der Waals surface area (Å²) in [7, 11) is 0. The first-order valence-electron chi connectivity index (χ1n) is 7.38. The number of hydrogen-bond acceptors (Lipinski definition) is 5. The quantitative estimate of drug-likeness (QED) is 0.813. The molecule has 1 unspecified atom stereocenters. The first-order valence-corrected chi connectivity index (χ1v) is 8.19. The third kappa shape index (κ3) is 4.88. The molecule has 0 saturated heterocycles. The van der Waals surface area contributed by atoms with Crippen molar-refractivity contribution in [3.05, 3.63) is 28.5 Å². The number of hydrogen-bond donors (Lipinski definition) is 2. The molecule has 8 heteroatoms. The number of nitrogens with one attached hydrogen (secondary N) is 2. The molecule has 0 radical (unpaired) electrons. The summed E-state index contributed by atoms with van der Waals surface area (Å²) in [5, 5.41) is 9.95. The van der Waals surface area contributed by atoms with E-state index in [1.54, 1.807) is 6.20 Å². The Morgan fingerprint density at radius 2 is 2.04 bits per heavy atom. The van der Waals surface area contributed by atoms with Gasteiger partial charge in [-0.1, -0.05) is 6.92 Å². The highest BCUT2D eigenvalue weighted by atomic mass is 32.1. The lowest BCUT2D eigenvalue weighted by molar-refractivity contribution is -0.136. The summed E-state index contributed by atoms with van der Waals surface area (Å²) in [6.45, 7) is 8.91. The standard InChI is InChI=1S/C15H21N5O2S/c1-9(8-20-11(3)5-10(2)19-20)6-16-13(21)14(22)18-15-17-7-12(4)23-15/h5,7,9H,6,8H2,1-4H3,(H,16,21)(H,17,18,22). The molecular weight excluding hydrogens is 314 g/mol. The molecule has 1 atom stereocenters. The summed E-state index contributed by atoms with van der Waals surface area (Å²) in [5.41, 5.74) is 2.05. The maximum atomic E-state index is 11.8. The SMILES string of the molecule is Cc1cc(C)n(CC(C)CNC(=O)C(=O)Nc2ncc(C)s2)n1. The van der Waals surface area contributed by atoms with Gasteiger partial charge in [0, 0.05) is 29.9 Å². The van der Waals surface area contributed by atoms with Gasteiger partial charge in [0.1, 0.15) is 0 Å². The molecule has 2 aromatic heterocycles. The molecule has 2 aromatic rings. The van der Waals surface area contributed by atoms with Crippen LogP contribution in [-0.2, 0) is 16.1 Å². The van der Waals surface area contributed by atoms with Gasteiger partial charge in [-0.05, 0) is 32.8 Å². The van der Waals surface area contributed by atoms with Gasteiger partial charge in [0.2, 0.25) is 0 Å². The smallest absolute Gasteiger partial charge is 0.315 e. The summed E-state index contributed by atoms with van der Waals surface area (Å²) >= 11 is 1.33. The van der Waals surface area contributed by atoms with E-state index in [9.17, 15) is 9.59 Å². The van der Waals surface area contributed by atoms with Gasteiger partial charge in [0.05, 0.1) is 5.69 Å². The third-order valence-electron chi connectivity index (χ3n) is 3.25. The lowest BCUT2D eigenvalue weighted by atomic mass is 10.2. The summed E-state index contributed by atoms with van der Waals surface area (Å²) < 4.78 is 1.91. The minimum absolute atomic E-state index is 0.159. The van der Waals surface area contributed by atoms with E-state index < -0.39 is 11.8 Å². The molecule has 2 rings (SSSR count). The number of aromatic nitrogens is 3. The lowest BCUT2D eigenvalue weighted by Gasteiger charge is -2.13. The molecule has 0 spiro atoms. The van der Waals surface area contributed by atoms with Crippen molar-refractivity contribution in [1.29, 1.82) is 0 Å². The minimum atomic E-state index is -0.697. The largest absolute Gasteiger partial charge is 0.347 e. The van der Waals surface area contributed by atoms with Crippen LogP contribution in [0.1, 0.15) is 23.2 Å². The number of carbonyl (C=O) groups is 2. The number of thiazole rings is 1.